The Morgan fingerprint density at radius 1 is 1.42 bits per heavy atom. The molecule has 1 fully saturated rings. The number of carbonyl (C=O) groups is 1. The molecule has 1 heterocycles. The van der Waals surface area contributed by atoms with Crippen LogP contribution in [0.5, 0.6) is 0 Å². The third-order valence-electron chi connectivity index (χ3n) is 3.71. The van der Waals surface area contributed by atoms with Crippen LogP contribution >= 0.6 is 15.9 Å². The van der Waals surface area contributed by atoms with Gasteiger partial charge in [-0.2, -0.15) is 0 Å². The van der Waals surface area contributed by atoms with Crippen molar-refractivity contribution in [3.8, 4) is 0 Å². The molecule has 0 aromatic heterocycles. The Morgan fingerprint density at radius 3 is 2.68 bits per heavy atom. The molecule has 5 heteroatoms. The van der Waals surface area contributed by atoms with Crippen molar-refractivity contribution in [2.45, 2.75) is 13.0 Å². The molecule has 2 rings (SSSR count). The maximum absolute atomic E-state index is 14.0. The molecular weight excluding hydrogens is 311 g/mol. The van der Waals surface area contributed by atoms with Crippen molar-refractivity contribution in [2.75, 3.05) is 27.2 Å². The lowest BCUT2D eigenvalue weighted by Gasteiger charge is -2.22. The van der Waals surface area contributed by atoms with Crippen molar-refractivity contribution in [3.63, 3.8) is 0 Å². The fourth-order valence-electron chi connectivity index (χ4n) is 2.63. The van der Waals surface area contributed by atoms with Gasteiger partial charge >= 0.3 is 0 Å². The standard InChI is InChI=1S/C14H18BrFN2O/c1-9-7-18(8-12(9)17(2)3)14(19)10-5-4-6-11(15)13(10)16/h4-6,9,12H,7-8H2,1-3H3. The van der Waals surface area contributed by atoms with Crippen molar-refractivity contribution in [1.29, 1.82) is 0 Å². The number of halogens is 2. The molecule has 1 aliphatic rings. The minimum atomic E-state index is -0.478. The molecule has 104 valence electrons. The average Bonchev–Trinajstić information content (AvgIpc) is 2.74. The number of amides is 1. The first kappa shape index (κ1) is 14.5. The van der Waals surface area contributed by atoms with Gasteiger partial charge in [0.25, 0.3) is 5.91 Å². The highest BCUT2D eigenvalue weighted by molar-refractivity contribution is 9.10. The van der Waals surface area contributed by atoms with Crippen molar-refractivity contribution in [3.05, 3.63) is 34.1 Å². The summed E-state index contributed by atoms with van der Waals surface area (Å²) in [5.74, 6) is -0.308. The predicted molar refractivity (Wildman–Crippen MR) is 76.6 cm³/mol. The second-order valence-electron chi connectivity index (χ2n) is 5.32. The van der Waals surface area contributed by atoms with Gasteiger partial charge in [0.1, 0.15) is 5.82 Å². The number of likely N-dealkylation sites (tertiary alicyclic amines) is 1. The highest BCUT2D eigenvalue weighted by atomic mass is 79.9. The number of likely N-dealkylation sites (N-methyl/N-ethyl adjacent to an activating group) is 1. The summed E-state index contributed by atoms with van der Waals surface area (Å²) in [7, 11) is 4.02. The molecule has 0 aliphatic carbocycles. The Labute approximate surface area is 121 Å². The first-order chi connectivity index (χ1) is 8.91. The smallest absolute Gasteiger partial charge is 0.256 e. The lowest BCUT2D eigenvalue weighted by molar-refractivity contribution is 0.0776. The van der Waals surface area contributed by atoms with Gasteiger partial charge in [0.2, 0.25) is 0 Å². The van der Waals surface area contributed by atoms with Crippen molar-refractivity contribution < 1.29 is 9.18 Å². The Balaban J connectivity index is 2.20. The number of hydrogen-bond acceptors (Lipinski definition) is 2. The molecule has 1 aromatic carbocycles. The van der Waals surface area contributed by atoms with Crippen LogP contribution in [-0.4, -0.2) is 48.9 Å². The van der Waals surface area contributed by atoms with Crippen molar-refractivity contribution in [1.82, 2.24) is 9.80 Å². The summed E-state index contributed by atoms with van der Waals surface area (Å²) in [5, 5.41) is 0. The third-order valence-corrected chi connectivity index (χ3v) is 4.32. The Kier molecular flexibility index (Phi) is 4.26. The molecule has 1 amide bonds. The van der Waals surface area contributed by atoms with Crippen LogP contribution in [0, 0.1) is 11.7 Å². The topological polar surface area (TPSA) is 23.6 Å². The highest BCUT2D eigenvalue weighted by Crippen LogP contribution is 2.25. The maximum atomic E-state index is 14.0. The number of benzene rings is 1. The second kappa shape index (κ2) is 5.59. The number of nitrogens with zero attached hydrogens (tertiary/aromatic N) is 2. The summed E-state index contributed by atoms with van der Waals surface area (Å²) in [6.45, 7) is 3.45. The van der Waals surface area contributed by atoms with Gasteiger partial charge in [-0.25, -0.2) is 4.39 Å². The fourth-order valence-corrected chi connectivity index (χ4v) is 2.99. The summed E-state index contributed by atoms with van der Waals surface area (Å²) in [5.41, 5.74) is 0.140. The van der Waals surface area contributed by atoms with Crippen LogP contribution in [0.4, 0.5) is 4.39 Å². The lowest BCUT2D eigenvalue weighted by atomic mass is 10.1. The number of rotatable bonds is 2. The van der Waals surface area contributed by atoms with E-state index in [1.807, 2.05) is 14.1 Å². The zero-order chi connectivity index (χ0) is 14.2. The summed E-state index contributed by atoms with van der Waals surface area (Å²) in [4.78, 5) is 16.2. The molecule has 0 bridgehead atoms. The quantitative estimate of drug-likeness (QED) is 0.833. The van der Waals surface area contributed by atoms with E-state index in [0.29, 0.717) is 29.5 Å². The minimum absolute atomic E-state index is 0.140. The Hall–Kier alpha value is -0.940. The van der Waals surface area contributed by atoms with Gasteiger partial charge in [0.15, 0.2) is 0 Å². The lowest BCUT2D eigenvalue weighted by Crippen LogP contribution is -2.36. The predicted octanol–water partition coefficient (Wildman–Crippen LogP) is 2.61. The van der Waals surface area contributed by atoms with Crippen LogP contribution in [0.2, 0.25) is 0 Å². The monoisotopic (exact) mass is 328 g/mol. The average molecular weight is 329 g/mol. The molecule has 19 heavy (non-hydrogen) atoms. The van der Waals surface area contributed by atoms with Crippen LogP contribution in [0.3, 0.4) is 0 Å². The summed E-state index contributed by atoms with van der Waals surface area (Å²) >= 11 is 3.12. The van der Waals surface area contributed by atoms with Gasteiger partial charge in [-0.05, 0) is 48.1 Å². The zero-order valence-electron chi connectivity index (χ0n) is 11.4. The van der Waals surface area contributed by atoms with Crippen molar-refractivity contribution in [2.24, 2.45) is 5.92 Å². The van der Waals surface area contributed by atoms with Gasteiger partial charge in [0, 0.05) is 19.1 Å². The largest absolute Gasteiger partial charge is 0.337 e. The van der Waals surface area contributed by atoms with Gasteiger partial charge < -0.3 is 9.80 Å². The van der Waals surface area contributed by atoms with Gasteiger partial charge in [-0.3, -0.25) is 4.79 Å². The van der Waals surface area contributed by atoms with E-state index < -0.39 is 5.82 Å². The number of hydrogen-bond donors (Lipinski definition) is 0. The zero-order valence-corrected chi connectivity index (χ0v) is 12.9. The van der Waals surface area contributed by atoms with Crippen LogP contribution in [0.15, 0.2) is 22.7 Å². The van der Waals surface area contributed by atoms with Crippen LogP contribution in [-0.2, 0) is 0 Å². The van der Waals surface area contributed by atoms with E-state index in [9.17, 15) is 9.18 Å². The summed E-state index contributed by atoms with van der Waals surface area (Å²) in [6.07, 6.45) is 0. The van der Waals surface area contributed by atoms with Gasteiger partial charge in [-0.15, -0.1) is 0 Å². The molecule has 0 saturated carbocycles. The molecule has 0 spiro atoms. The molecule has 3 nitrogen and oxygen atoms in total. The second-order valence-corrected chi connectivity index (χ2v) is 6.17. The fraction of sp³-hybridized carbons (Fsp3) is 0.500. The normalized spacial score (nSPS) is 23.2. The summed E-state index contributed by atoms with van der Waals surface area (Å²) < 4.78 is 14.3. The van der Waals surface area contributed by atoms with Gasteiger partial charge in [0.05, 0.1) is 10.0 Å². The number of carbonyl (C=O) groups excluding carboxylic acids is 1. The molecule has 1 aliphatic heterocycles. The first-order valence-electron chi connectivity index (χ1n) is 6.31. The molecule has 1 aromatic rings. The third kappa shape index (κ3) is 2.82. The van der Waals surface area contributed by atoms with Crippen LogP contribution in [0.1, 0.15) is 17.3 Å². The van der Waals surface area contributed by atoms with Crippen LogP contribution < -0.4 is 0 Å². The Morgan fingerprint density at radius 2 is 2.11 bits per heavy atom. The van der Waals surface area contributed by atoms with E-state index in [-0.39, 0.29) is 11.5 Å². The van der Waals surface area contributed by atoms with E-state index >= 15 is 0 Å². The Bertz CT molecular complexity index is 492. The molecule has 0 N–H and O–H groups in total. The van der Waals surface area contributed by atoms with E-state index in [2.05, 4.69) is 27.8 Å². The van der Waals surface area contributed by atoms with E-state index in [0.717, 1.165) is 0 Å². The van der Waals surface area contributed by atoms with E-state index in [4.69, 9.17) is 0 Å². The first-order valence-corrected chi connectivity index (χ1v) is 7.10. The van der Waals surface area contributed by atoms with Crippen LogP contribution in [0.25, 0.3) is 0 Å². The van der Waals surface area contributed by atoms with E-state index in [1.165, 1.54) is 6.07 Å². The summed E-state index contributed by atoms with van der Waals surface area (Å²) in [6, 6.07) is 5.15. The van der Waals surface area contributed by atoms with Gasteiger partial charge in [-0.1, -0.05) is 13.0 Å². The van der Waals surface area contributed by atoms with E-state index in [1.54, 1.807) is 17.0 Å². The molecule has 2 atom stereocenters. The maximum Gasteiger partial charge on any atom is 0.256 e. The highest BCUT2D eigenvalue weighted by Gasteiger charge is 2.34. The van der Waals surface area contributed by atoms with Crippen molar-refractivity contribution >= 4 is 21.8 Å². The molecule has 2 unspecified atom stereocenters. The molecule has 0 radical (unpaired) electrons. The molecule has 1 saturated heterocycles. The SMILES string of the molecule is CC1CN(C(=O)c2cccc(Br)c2F)CC1N(C)C. The molecular formula is C14H18BrFN2O. The minimum Gasteiger partial charge on any atom is -0.337 e.